The molecule has 0 radical (unpaired) electrons. The van der Waals surface area contributed by atoms with Crippen LogP contribution in [-0.2, 0) is 6.54 Å². The molecule has 0 heterocycles. The third-order valence-corrected chi connectivity index (χ3v) is 3.65. The average Bonchev–Trinajstić information content (AvgIpc) is 2.58. The van der Waals surface area contributed by atoms with Crippen LogP contribution in [0, 0.1) is 6.92 Å². The Hall–Kier alpha value is -2.69. The second-order valence-electron chi connectivity index (χ2n) is 5.55. The van der Waals surface area contributed by atoms with Gasteiger partial charge in [0.1, 0.15) is 11.5 Å². The summed E-state index contributed by atoms with van der Waals surface area (Å²) in [7, 11) is 3.40. The first kappa shape index (κ1) is 17.7. The molecule has 0 atom stereocenters. The number of rotatable bonds is 6. The van der Waals surface area contributed by atoms with Crippen molar-refractivity contribution < 1.29 is 14.3 Å². The number of hydrogen-bond acceptors (Lipinski definition) is 3. The largest absolute Gasteiger partial charge is 0.497 e. The molecule has 0 aliphatic rings. The highest BCUT2D eigenvalue weighted by Crippen LogP contribution is 2.22. The van der Waals surface area contributed by atoms with E-state index in [0.717, 1.165) is 28.3 Å². The molecule has 5 heteroatoms. The quantitative estimate of drug-likeness (QED) is 0.870. The van der Waals surface area contributed by atoms with Crippen molar-refractivity contribution in [3.05, 3.63) is 53.6 Å². The number of ether oxygens (including phenoxy) is 2. The number of nitrogens with one attached hydrogen (secondary N) is 1. The van der Waals surface area contributed by atoms with E-state index in [0.29, 0.717) is 13.2 Å². The summed E-state index contributed by atoms with van der Waals surface area (Å²) in [5.41, 5.74) is 2.78. The lowest BCUT2D eigenvalue weighted by Gasteiger charge is -2.19. The summed E-state index contributed by atoms with van der Waals surface area (Å²) >= 11 is 0. The number of carbonyl (C=O) groups is 1. The number of carbonyl (C=O) groups excluding carboxylic acids is 1. The van der Waals surface area contributed by atoms with E-state index in [9.17, 15) is 4.79 Å². The SMILES string of the molecule is CCOc1ccc(NC(=O)N(C)Cc2ccc(OC)cc2)cc1C. The predicted octanol–water partition coefficient (Wildman–Crippen LogP) is 4.07. The van der Waals surface area contributed by atoms with Crippen molar-refractivity contribution in [3.8, 4) is 11.5 Å². The van der Waals surface area contributed by atoms with Crippen molar-refractivity contribution in [1.29, 1.82) is 0 Å². The molecule has 2 rings (SSSR count). The van der Waals surface area contributed by atoms with Crippen molar-refractivity contribution in [3.63, 3.8) is 0 Å². The number of anilines is 1. The molecule has 0 aliphatic heterocycles. The number of methoxy groups -OCH3 is 1. The lowest BCUT2D eigenvalue weighted by atomic mass is 10.2. The summed E-state index contributed by atoms with van der Waals surface area (Å²) in [6, 6.07) is 13.1. The van der Waals surface area contributed by atoms with Crippen LogP contribution in [0.3, 0.4) is 0 Å². The molecule has 2 amide bonds. The lowest BCUT2D eigenvalue weighted by molar-refractivity contribution is 0.220. The van der Waals surface area contributed by atoms with Gasteiger partial charge in [-0.3, -0.25) is 0 Å². The van der Waals surface area contributed by atoms with Crippen LogP contribution in [0.15, 0.2) is 42.5 Å². The molecule has 5 nitrogen and oxygen atoms in total. The normalized spacial score (nSPS) is 10.2. The van der Waals surface area contributed by atoms with Gasteiger partial charge in [0.2, 0.25) is 0 Å². The Bertz CT molecular complexity index is 684. The van der Waals surface area contributed by atoms with Gasteiger partial charge in [0, 0.05) is 19.3 Å². The highest BCUT2D eigenvalue weighted by Gasteiger charge is 2.10. The molecule has 0 aliphatic carbocycles. The van der Waals surface area contributed by atoms with Crippen molar-refractivity contribution in [2.45, 2.75) is 20.4 Å². The second kappa shape index (κ2) is 8.24. The average molecular weight is 328 g/mol. The first-order chi connectivity index (χ1) is 11.5. The lowest BCUT2D eigenvalue weighted by Crippen LogP contribution is -2.30. The van der Waals surface area contributed by atoms with Crippen LogP contribution < -0.4 is 14.8 Å². The third-order valence-electron chi connectivity index (χ3n) is 3.65. The number of hydrogen-bond donors (Lipinski definition) is 1. The van der Waals surface area contributed by atoms with Gasteiger partial charge >= 0.3 is 6.03 Å². The molecule has 1 N–H and O–H groups in total. The zero-order valence-electron chi connectivity index (χ0n) is 14.6. The maximum Gasteiger partial charge on any atom is 0.321 e. The molecular formula is C19H24N2O3. The molecule has 128 valence electrons. The highest BCUT2D eigenvalue weighted by atomic mass is 16.5. The van der Waals surface area contributed by atoms with Gasteiger partial charge in [0.15, 0.2) is 0 Å². The van der Waals surface area contributed by atoms with E-state index in [-0.39, 0.29) is 6.03 Å². The summed E-state index contributed by atoms with van der Waals surface area (Å²) < 4.78 is 10.6. The molecule has 0 aromatic heterocycles. The number of aryl methyl sites for hydroxylation is 1. The summed E-state index contributed by atoms with van der Waals surface area (Å²) in [6.07, 6.45) is 0. The Labute approximate surface area is 143 Å². The standard InChI is InChI=1S/C19H24N2O3/c1-5-24-18-11-8-16(12-14(18)2)20-19(22)21(3)13-15-6-9-17(23-4)10-7-15/h6-12H,5,13H2,1-4H3,(H,20,22). The zero-order valence-corrected chi connectivity index (χ0v) is 14.6. The minimum absolute atomic E-state index is 0.158. The fourth-order valence-electron chi connectivity index (χ4n) is 2.34. The van der Waals surface area contributed by atoms with Gasteiger partial charge in [-0.1, -0.05) is 12.1 Å². The van der Waals surface area contributed by atoms with Gasteiger partial charge < -0.3 is 19.7 Å². The molecular weight excluding hydrogens is 304 g/mol. The van der Waals surface area contributed by atoms with Crippen molar-refractivity contribution in [2.24, 2.45) is 0 Å². The zero-order chi connectivity index (χ0) is 17.5. The first-order valence-corrected chi connectivity index (χ1v) is 7.92. The van der Waals surface area contributed by atoms with Gasteiger partial charge in [-0.25, -0.2) is 4.79 Å². The Morgan fingerprint density at radius 2 is 1.88 bits per heavy atom. The number of urea groups is 1. The van der Waals surface area contributed by atoms with Gasteiger partial charge in [-0.05, 0) is 55.3 Å². The summed E-state index contributed by atoms with van der Waals surface area (Å²) in [5, 5.41) is 2.90. The Morgan fingerprint density at radius 1 is 1.17 bits per heavy atom. The monoisotopic (exact) mass is 328 g/mol. The molecule has 2 aromatic carbocycles. The Balaban J connectivity index is 1.96. The van der Waals surface area contributed by atoms with Crippen molar-refractivity contribution >= 4 is 11.7 Å². The molecule has 0 saturated heterocycles. The van der Waals surface area contributed by atoms with Crippen LogP contribution in [-0.4, -0.2) is 31.7 Å². The van der Waals surface area contributed by atoms with E-state index in [2.05, 4.69) is 5.32 Å². The van der Waals surface area contributed by atoms with Gasteiger partial charge in [-0.2, -0.15) is 0 Å². The number of benzene rings is 2. The maximum atomic E-state index is 12.3. The van der Waals surface area contributed by atoms with Gasteiger partial charge in [0.25, 0.3) is 0 Å². The smallest absolute Gasteiger partial charge is 0.321 e. The predicted molar refractivity (Wildman–Crippen MR) is 95.8 cm³/mol. The third kappa shape index (κ3) is 4.65. The Morgan fingerprint density at radius 3 is 2.46 bits per heavy atom. The minimum atomic E-state index is -0.158. The number of nitrogens with zero attached hydrogens (tertiary/aromatic N) is 1. The van der Waals surface area contributed by atoms with Gasteiger partial charge in [-0.15, -0.1) is 0 Å². The Kier molecular flexibility index (Phi) is 6.07. The van der Waals surface area contributed by atoms with Crippen LogP contribution in [0.25, 0.3) is 0 Å². The fourth-order valence-corrected chi connectivity index (χ4v) is 2.34. The van der Waals surface area contributed by atoms with E-state index in [1.807, 2.05) is 56.3 Å². The van der Waals surface area contributed by atoms with E-state index in [1.54, 1.807) is 19.1 Å². The highest BCUT2D eigenvalue weighted by molar-refractivity contribution is 5.89. The van der Waals surface area contributed by atoms with Gasteiger partial charge in [0.05, 0.1) is 13.7 Å². The van der Waals surface area contributed by atoms with Crippen molar-refractivity contribution in [2.75, 3.05) is 26.1 Å². The molecule has 0 fully saturated rings. The fraction of sp³-hybridized carbons (Fsp3) is 0.316. The van der Waals surface area contributed by atoms with Crippen LogP contribution in [0.4, 0.5) is 10.5 Å². The van der Waals surface area contributed by atoms with Crippen molar-refractivity contribution in [1.82, 2.24) is 4.90 Å². The molecule has 0 unspecified atom stereocenters. The molecule has 0 bridgehead atoms. The maximum absolute atomic E-state index is 12.3. The summed E-state index contributed by atoms with van der Waals surface area (Å²) in [6.45, 7) is 5.05. The van der Waals surface area contributed by atoms with Crippen LogP contribution in [0.1, 0.15) is 18.1 Å². The molecule has 2 aromatic rings. The number of amides is 2. The van der Waals surface area contributed by atoms with E-state index in [1.165, 1.54) is 0 Å². The van der Waals surface area contributed by atoms with E-state index in [4.69, 9.17) is 9.47 Å². The van der Waals surface area contributed by atoms with E-state index < -0.39 is 0 Å². The topological polar surface area (TPSA) is 50.8 Å². The molecule has 0 saturated carbocycles. The molecule has 0 spiro atoms. The molecule has 24 heavy (non-hydrogen) atoms. The minimum Gasteiger partial charge on any atom is -0.497 e. The van der Waals surface area contributed by atoms with E-state index >= 15 is 0 Å². The second-order valence-corrected chi connectivity index (χ2v) is 5.55. The van der Waals surface area contributed by atoms with Crippen LogP contribution in [0.5, 0.6) is 11.5 Å². The van der Waals surface area contributed by atoms with Crippen LogP contribution >= 0.6 is 0 Å². The first-order valence-electron chi connectivity index (χ1n) is 7.92. The summed E-state index contributed by atoms with van der Waals surface area (Å²) in [5.74, 6) is 1.64. The van der Waals surface area contributed by atoms with Crippen LogP contribution in [0.2, 0.25) is 0 Å². The summed E-state index contributed by atoms with van der Waals surface area (Å²) in [4.78, 5) is 14.0.